The van der Waals surface area contributed by atoms with E-state index in [0.717, 1.165) is 11.1 Å². The molecule has 2 amide bonds. The topological polar surface area (TPSA) is 37.4 Å². The number of carbonyl (C=O) groups is 2. The summed E-state index contributed by atoms with van der Waals surface area (Å²) in [6.45, 7) is 0. The van der Waals surface area contributed by atoms with E-state index in [2.05, 4.69) is 0 Å². The molecule has 0 N–H and O–H groups in total. The summed E-state index contributed by atoms with van der Waals surface area (Å²) < 4.78 is 0. The zero-order valence-corrected chi connectivity index (χ0v) is 14.0. The molecule has 0 radical (unpaired) electrons. The molecule has 4 rings (SSSR count). The average Bonchev–Trinajstić information content (AvgIpc) is 2.94. The van der Waals surface area contributed by atoms with E-state index in [-0.39, 0.29) is 11.8 Å². The number of fused-ring (bicyclic) bond motifs is 1. The number of amides is 2. The van der Waals surface area contributed by atoms with Crippen LogP contribution in [0.3, 0.4) is 0 Å². The summed E-state index contributed by atoms with van der Waals surface area (Å²) in [5, 5.41) is 0.543. The Morgan fingerprint density at radius 2 is 1.52 bits per heavy atom. The summed E-state index contributed by atoms with van der Waals surface area (Å²) in [5.41, 5.74) is 2.63. The molecule has 0 bridgehead atoms. The van der Waals surface area contributed by atoms with Crippen LogP contribution in [0, 0.1) is 0 Å². The molecule has 1 heterocycles. The van der Waals surface area contributed by atoms with E-state index in [1.807, 2.05) is 36.4 Å². The van der Waals surface area contributed by atoms with E-state index in [1.54, 1.807) is 42.5 Å². The Balaban J connectivity index is 1.88. The molecule has 3 aromatic carbocycles. The number of rotatable bonds is 2. The van der Waals surface area contributed by atoms with Crippen molar-refractivity contribution in [1.29, 1.82) is 0 Å². The van der Waals surface area contributed by atoms with E-state index >= 15 is 0 Å². The number of benzene rings is 3. The van der Waals surface area contributed by atoms with Crippen molar-refractivity contribution in [1.82, 2.24) is 4.90 Å². The van der Waals surface area contributed by atoms with Crippen LogP contribution in [0.1, 0.15) is 37.9 Å². The molecule has 1 unspecified atom stereocenters. The lowest BCUT2D eigenvalue weighted by molar-refractivity contribution is 0.0602. The molecule has 1 aliphatic rings. The second kappa shape index (κ2) is 6.19. The van der Waals surface area contributed by atoms with Gasteiger partial charge in [-0.25, -0.2) is 0 Å². The molecule has 0 saturated carbocycles. The summed E-state index contributed by atoms with van der Waals surface area (Å²) in [6, 6.07) is 23.0. The molecule has 0 saturated heterocycles. The third-order valence-corrected chi connectivity index (χ3v) is 4.61. The second-order valence-corrected chi connectivity index (χ2v) is 6.33. The lowest BCUT2D eigenvalue weighted by atomic mass is 9.97. The maximum absolute atomic E-state index is 13.1. The summed E-state index contributed by atoms with van der Waals surface area (Å²) in [6.07, 6.45) is 0. The molecule has 122 valence electrons. The molecule has 3 aromatic rings. The van der Waals surface area contributed by atoms with Crippen LogP contribution < -0.4 is 0 Å². The number of halogens is 1. The summed E-state index contributed by atoms with van der Waals surface area (Å²) in [4.78, 5) is 27.4. The van der Waals surface area contributed by atoms with Crippen LogP contribution in [0.4, 0.5) is 0 Å². The third kappa shape index (κ3) is 2.63. The predicted molar refractivity (Wildman–Crippen MR) is 96.7 cm³/mol. The number of hydrogen-bond acceptors (Lipinski definition) is 2. The van der Waals surface area contributed by atoms with Crippen LogP contribution in [-0.2, 0) is 0 Å². The number of carbonyl (C=O) groups excluding carboxylic acids is 2. The van der Waals surface area contributed by atoms with Crippen molar-refractivity contribution in [3.63, 3.8) is 0 Å². The van der Waals surface area contributed by atoms with E-state index in [4.69, 9.17) is 11.6 Å². The van der Waals surface area contributed by atoms with Gasteiger partial charge >= 0.3 is 0 Å². The Bertz CT molecular complexity index is 954. The zero-order valence-electron chi connectivity index (χ0n) is 13.2. The molecule has 4 heteroatoms. The quantitative estimate of drug-likeness (QED) is 0.629. The molecule has 0 aliphatic carbocycles. The highest BCUT2D eigenvalue weighted by molar-refractivity contribution is 6.31. The highest BCUT2D eigenvalue weighted by atomic mass is 35.5. The summed E-state index contributed by atoms with van der Waals surface area (Å²) >= 11 is 6.15. The first kappa shape index (κ1) is 15.6. The first-order valence-electron chi connectivity index (χ1n) is 7.94. The fourth-order valence-corrected chi connectivity index (χ4v) is 3.41. The molecule has 3 nitrogen and oxygen atoms in total. The van der Waals surface area contributed by atoms with Crippen LogP contribution in [0.15, 0.2) is 78.9 Å². The van der Waals surface area contributed by atoms with E-state index in [0.29, 0.717) is 16.1 Å². The van der Waals surface area contributed by atoms with Crippen molar-refractivity contribution in [2.75, 3.05) is 0 Å². The van der Waals surface area contributed by atoms with Crippen LogP contribution in [0.5, 0.6) is 0 Å². The van der Waals surface area contributed by atoms with E-state index < -0.39 is 6.04 Å². The Morgan fingerprint density at radius 3 is 2.20 bits per heavy atom. The fraction of sp³-hybridized carbons (Fsp3) is 0.0476. The van der Waals surface area contributed by atoms with Crippen LogP contribution in [0.25, 0.3) is 0 Å². The van der Waals surface area contributed by atoms with E-state index in [9.17, 15) is 9.59 Å². The maximum Gasteiger partial charge on any atom is 0.261 e. The zero-order chi connectivity index (χ0) is 17.4. The van der Waals surface area contributed by atoms with Crippen LogP contribution >= 0.6 is 11.6 Å². The number of nitrogens with zero attached hydrogens (tertiary/aromatic N) is 1. The minimum absolute atomic E-state index is 0.297. The minimum atomic E-state index is -0.477. The lowest BCUT2D eigenvalue weighted by Gasteiger charge is -2.24. The normalized spacial score (nSPS) is 16.0. The monoisotopic (exact) mass is 347 g/mol. The molecule has 1 atom stereocenters. The van der Waals surface area contributed by atoms with Crippen LogP contribution in [0.2, 0.25) is 5.02 Å². The van der Waals surface area contributed by atoms with Gasteiger partial charge < -0.3 is 0 Å². The molecule has 1 aliphatic heterocycles. The number of imide groups is 1. The van der Waals surface area contributed by atoms with Crippen molar-refractivity contribution in [2.24, 2.45) is 0 Å². The Kier molecular flexibility index (Phi) is 3.86. The van der Waals surface area contributed by atoms with Gasteiger partial charge in [-0.15, -0.1) is 0 Å². The fourth-order valence-electron chi connectivity index (χ4n) is 3.23. The van der Waals surface area contributed by atoms with Gasteiger partial charge in [-0.05, 0) is 41.5 Å². The van der Waals surface area contributed by atoms with E-state index in [1.165, 1.54) is 4.90 Å². The lowest BCUT2D eigenvalue weighted by Crippen LogP contribution is -2.35. The summed E-state index contributed by atoms with van der Waals surface area (Å²) in [7, 11) is 0. The van der Waals surface area contributed by atoms with Crippen LogP contribution in [-0.4, -0.2) is 16.7 Å². The molecular weight excluding hydrogens is 334 g/mol. The van der Waals surface area contributed by atoms with Crippen molar-refractivity contribution in [3.8, 4) is 0 Å². The Morgan fingerprint density at radius 1 is 0.880 bits per heavy atom. The molecule has 0 aromatic heterocycles. The van der Waals surface area contributed by atoms with Gasteiger partial charge in [-0.3, -0.25) is 14.5 Å². The van der Waals surface area contributed by atoms with Gasteiger partial charge in [-0.2, -0.15) is 0 Å². The summed E-state index contributed by atoms with van der Waals surface area (Å²) in [5.74, 6) is -0.610. The van der Waals surface area contributed by atoms with Gasteiger partial charge in [0.1, 0.15) is 0 Å². The van der Waals surface area contributed by atoms with Gasteiger partial charge in [0.25, 0.3) is 11.8 Å². The van der Waals surface area contributed by atoms with Crippen molar-refractivity contribution in [3.05, 3.63) is 106 Å². The number of hydrogen-bond donors (Lipinski definition) is 0. The smallest absolute Gasteiger partial charge is 0.261 e. The van der Waals surface area contributed by atoms with Crippen molar-refractivity contribution in [2.45, 2.75) is 6.04 Å². The predicted octanol–water partition coefficient (Wildman–Crippen LogP) is 4.73. The van der Waals surface area contributed by atoms with Gasteiger partial charge in [0.15, 0.2) is 0 Å². The largest absolute Gasteiger partial charge is 0.269 e. The highest BCUT2D eigenvalue weighted by Crippen LogP contribution is 2.40. The molecular formula is C21H14ClNO2. The second-order valence-electron chi connectivity index (χ2n) is 5.89. The Labute approximate surface area is 150 Å². The minimum Gasteiger partial charge on any atom is -0.269 e. The van der Waals surface area contributed by atoms with Gasteiger partial charge in [0.2, 0.25) is 0 Å². The molecule has 0 fully saturated rings. The van der Waals surface area contributed by atoms with Crippen molar-refractivity contribution < 1.29 is 9.59 Å². The standard InChI is InChI=1S/C21H14ClNO2/c22-16-11-12-17-18(13-16)19(14-7-3-1-4-8-14)23(21(17)25)20(24)15-9-5-2-6-10-15/h1-13,19H. The first-order valence-corrected chi connectivity index (χ1v) is 8.32. The average molecular weight is 348 g/mol. The molecule has 25 heavy (non-hydrogen) atoms. The van der Waals surface area contributed by atoms with Gasteiger partial charge in [0.05, 0.1) is 6.04 Å². The SMILES string of the molecule is O=C(c1ccccc1)N1C(=O)c2ccc(Cl)cc2C1c1ccccc1. The first-order chi connectivity index (χ1) is 12.2. The third-order valence-electron chi connectivity index (χ3n) is 4.37. The maximum atomic E-state index is 13.1. The molecule has 0 spiro atoms. The van der Waals surface area contributed by atoms with Crippen molar-refractivity contribution >= 4 is 23.4 Å². The van der Waals surface area contributed by atoms with Gasteiger partial charge in [0, 0.05) is 16.1 Å². The Hall–Kier alpha value is -2.91. The van der Waals surface area contributed by atoms with Gasteiger partial charge in [-0.1, -0.05) is 60.1 Å². The highest BCUT2D eigenvalue weighted by Gasteiger charge is 2.41.